The van der Waals surface area contributed by atoms with Crippen molar-refractivity contribution in [1.82, 2.24) is 9.97 Å². The number of anilines is 4. The van der Waals surface area contributed by atoms with E-state index < -0.39 is 10.0 Å². The Morgan fingerprint density at radius 2 is 1.61 bits per heavy atom. The van der Waals surface area contributed by atoms with Crippen LogP contribution in [0.25, 0.3) is 0 Å². The summed E-state index contributed by atoms with van der Waals surface area (Å²) in [5.74, 6) is 1.73. The van der Waals surface area contributed by atoms with Crippen LogP contribution in [0.1, 0.15) is 23.7 Å². The number of hydrogen-bond donors (Lipinski definition) is 3. The van der Waals surface area contributed by atoms with Crippen molar-refractivity contribution in [2.24, 2.45) is 0 Å². The van der Waals surface area contributed by atoms with Gasteiger partial charge in [-0.05, 0) is 63.1 Å². The molecule has 3 rings (SSSR count). The number of nitrogens with one attached hydrogen (secondary N) is 3. The Labute approximate surface area is 183 Å². The molecule has 0 bridgehead atoms. The first-order valence-corrected chi connectivity index (χ1v) is 11.3. The fourth-order valence-corrected chi connectivity index (χ4v) is 4.48. The van der Waals surface area contributed by atoms with Crippen LogP contribution in [0.15, 0.2) is 47.4 Å². The highest BCUT2D eigenvalue weighted by molar-refractivity contribution is 7.92. The molecule has 0 unspecified atom stereocenters. The Bertz CT molecular complexity index is 1180. The van der Waals surface area contributed by atoms with Crippen molar-refractivity contribution in [2.75, 3.05) is 29.0 Å². The second kappa shape index (κ2) is 9.22. The quantitative estimate of drug-likeness (QED) is 0.476. The van der Waals surface area contributed by atoms with E-state index in [1.54, 1.807) is 43.3 Å². The van der Waals surface area contributed by atoms with Crippen LogP contribution in [0.4, 0.5) is 23.1 Å². The molecule has 0 saturated carbocycles. The van der Waals surface area contributed by atoms with Crippen molar-refractivity contribution < 1.29 is 13.2 Å². The molecule has 2 aromatic carbocycles. The molecule has 0 spiro atoms. The van der Waals surface area contributed by atoms with Crippen molar-refractivity contribution in [1.29, 1.82) is 0 Å². The van der Waals surface area contributed by atoms with Gasteiger partial charge >= 0.3 is 0 Å². The van der Waals surface area contributed by atoms with Crippen LogP contribution in [0.2, 0.25) is 0 Å². The van der Waals surface area contributed by atoms with Crippen LogP contribution >= 0.6 is 0 Å². The zero-order valence-electron chi connectivity index (χ0n) is 18.3. The Hall–Kier alpha value is -3.33. The number of benzene rings is 2. The third-order valence-electron chi connectivity index (χ3n) is 4.59. The van der Waals surface area contributed by atoms with Gasteiger partial charge in [0.1, 0.15) is 11.6 Å². The maximum absolute atomic E-state index is 12.9. The minimum absolute atomic E-state index is 0.182. The molecule has 0 atom stereocenters. The normalized spacial score (nSPS) is 11.1. The second-order valence-electron chi connectivity index (χ2n) is 7.14. The van der Waals surface area contributed by atoms with Crippen LogP contribution in [0, 0.1) is 20.8 Å². The van der Waals surface area contributed by atoms with Crippen molar-refractivity contribution in [3.05, 3.63) is 59.3 Å². The fourth-order valence-electron chi connectivity index (χ4n) is 3.18. The van der Waals surface area contributed by atoms with Crippen molar-refractivity contribution in [2.45, 2.75) is 32.6 Å². The van der Waals surface area contributed by atoms with Crippen LogP contribution in [0.3, 0.4) is 0 Å². The van der Waals surface area contributed by atoms with E-state index in [-0.39, 0.29) is 4.90 Å². The Morgan fingerprint density at radius 3 is 2.26 bits per heavy atom. The molecule has 164 valence electrons. The predicted molar refractivity (Wildman–Crippen MR) is 124 cm³/mol. The number of hydrogen-bond acceptors (Lipinski definition) is 7. The lowest BCUT2D eigenvalue weighted by Gasteiger charge is -2.14. The molecule has 3 N–H and O–H groups in total. The number of rotatable bonds is 8. The van der Waals surface area contributed by atoms with Crippen LogP contribution < -0.4 is 20.1 Å². The van der Waals surface area contributed by atoms with Gasteiger partial charge in [-0.3, -0.25) is 4.72 Å². The average molecular weight is 442 g/mol. The molecule has 3 aromatic rings. The van der Waals surface area contributed by atoms with Gasteiger partial charge < -0.3 is 15.4 Å². The summed E-state index contributed by atoms with van der Waals surface area (Å²) < 4.78 is 33.7. The Morgan fingerprint density at radius 1 is 0.935 bits per heavy atom. The number of aromatic nitrogens is 2. The highest BCUT2D eigenvalue weighted by Gasteiger charge is 2.19. The van der Waals surface area contributed by atoms with E-state index in [1.807, 2.05) is 26.8 Å². The number of sulfonamides is 1. The first-order valence-electron chi connectivity index (χ1n) is 9.86. The fraction of sp³-hybridized carbons (Fsp3) is 0.273. The Balaban J connectivity index is 1.78. The van der Waals surface area contributed by atoms with E-state index in [1.165, 1.54) is 7.11 Å². The third-order valence-corrected chi connectivity index (χ3v) is 6.11. The molecule has 0 radical (unpaired) electrons. The summed E-state index contributed by atoms with van der Waals surface area (Å²) in [5.41, 5.74) is 3.55. The number of methoxy groups -OCH3 is 1. The maximum atomic E-state index is 12.9. The summed E-state index contributed by atoms with van der Waals surface area (Å²) >= 11 is 0. The van der Waals surface area contributed by atoms with Gasteiger partial charge in [-0.25, -0.2) is 13.4 Å². The summed E-state index contributed by atoms with van der Waals surface area (Å²) in [6.07, 6.45) is 0. The lowest BCUT2D eigenvalue weighted by molar-refractivity contribution is 0.410. The lowest BCUT2D eigenvalue weighted by atomic mass is 10.1. The number of aryl methyl sites for hydroxylation is 3. The SMILES string of the molecule is CCNc1cc(C)nc(Nc2ccc(NS(=O)(=O)c3cc(OC)c(C)cc3C)cc2)n1. The maximum Gasteiger partial charge on any atom is 0.262 e. The molecule has 31 heavy (non-hydrogen) atoms. The van der Waals surface area contributed by atoms with Crippen molar-refractivity contribution in [3.63, 3.8) is 0 Å². The smallest absolute Gasteiger partial charge is 0.262 e. The second-order valence-corrected chi connectivity index (χ2v) is 8.79. The number of ether oxygens (including phenoxy) is 1. The average Bonchev–Trinajstić information content (AvgIpc) is 2.69. The molecule has 8 nitrogen and oxygen atoms in total. The molecule has 0 fully saturated rings. The first-order chi connectivity index (χ1) is 14.7. The first kappa shape index (κ1) is 22.4. The zero-order chi connectivity index (χ0) is 22.6. The molecular formula is C22H27N5O3S. The molecule has 0 aliphatic carbocycles. The minimum atomic E-state index is -3.77. The van der Waals surface area contributed by atoms with Crippen LogP contribution in [-0.2, 0) is 10.0 Å². The van der Waals surface area contributed by atoms with Gasteiger partial charge in [0.2, 0.25) is 5.95 Å². The molecule has 9 heteroatoms. The highest BCUT2D eigenvalue weighted by Crippen LogP contribution is 2.28. The third kappa shape index (κ3) is 5.43. The van der Waals surface area contributed by atoms with E-state index in [2.05, 4.69) is 25.3 Å². The summed E-state index contributed by atoms with van der Waals surface area (Å²) in [7, 11) is -2.25. The highest BCUT2D eigenvalue weighted by atomic mass is 32.2. The predicted octanol–water partition coefficient (Wildman–Crippen LogP) is 4.39. The largest absolute Gasteiger partial charge is 0.496 e. The van der Waals surface area contributed by atoms with Gasteiger partial charge in [0.15, 0.2) is 0 Å². The van der Waals surface area contributed by atoms with E-state index in [9.17, 15) is 8.42 Å². The van der Waals surface area contributed by atoms with Gasteiger partial charge in [-0.15, -0.1) is 0 Å². The van der Waals surface area contributed by atoms with E-state index in [0.717, 1.165) is 29.3 Å². The van der Waals surface area contributed by atoms with Gasteiger partial charge in [0.25, 0.3) is 10.0 Å². The van der Waals surface area contributed by atoms with Gasteiger partial charge in [0, 0.05) is 35.7 Å². The van der Waals surface area contributed by atoms with Crippen molar-refractivity contribution >= 4 is 33.2 Å². The molecule has 0 aliphatic heterocycles. The van der Waals surface area contributed by atoms with E-state index in [4.69, 9.17) is 4.74 Å². The monoisotopic (exact) mass is 441 g/mol. The standard InChI is InChI=1S/C22H27N5O3S/c1-6-23-21-12-16(4)24-22(26-21)25-17-7-9-18(10-8-17)27-31(28,29)20-13-19(30-5)14(2)11-15(20)3/h7-13,27H,6H2,1-5H3,(H2,23,24,25,26). The molecule has 1 heterocycles. The minimum Gasteiger partial charge on any atom is -0.496 e. The van der Waals surface area contributed by atoms with E-state index in [0.29, 0.717) is 22.9 Å². The summed E-state index contributed by atoms with van der Waals surface area (Å²) in [6, 6.07) is 12.1. The van der Waals surface area contributed by atoms with Crippen molar-refractivity contribution in [3.8, 4) is 5.75 Å². The van der Waals surface area contributed by atoms with Gasteiger partial charge in [0.05, 0.1) is 12.0 Å². The molecule has 1 aromatic heterocycles. The topological polar surface area (TPSA) is 105 Å². The van der Waals surface area contributed by atoms with Gasteiger partial charge in [-0.1, -0.05) is 6.07 Å². The summed E-state index contributed by atoms with van der Waals surface area (Å²) in [5, 5.41) is 6.30. The van der Waals surface area contributed by atoms with Gasteiger partial charge in [-0.2, -0.15) is 4.98 Å². The molecule has 0 amide bonds. The zero-order valence-corrected chi connectivity index (χ0v) is 19.1. The number of nitrogens with zero attached hydrogens (tertiary/aromatic N) is 2. The van der Waals surface area contributed by atoms with E-state index >= 15 is 0 Å². The Kier molecular flexibility index (Phi) is 6.65. The summed E-state index contributed by atoms with van der Waals surface area (Å²) in [6.45, 7) is 8.29. The van der Waals surface area contributed by atoms with Crippen LogP contribution in [-0.4, -0.2) is 32.0 Å². The lowest BCUT2D eigenvalue weighted by Crippen LogP contribution is -2.14. The molecule has 0 aliphatic rings. The molecule has 0 saturated heterocycles. The summed E-state index contributed by atoms with van der Waals surface area (Å²) in [4.78, 5) is 8.98. The molecular weight excluding hydrogens is 414 g/mol. The van der Waals surface area contributed by atoms with Crippen LogP contribution in [0.5, 0.6) is 5.75 Å².